The second kappa shape index (κ2) is 10.2. The minimum absolute atomic E-state index is 0. The minimum atomic E-state index is 0. The predicted molar refractivity (Wildman–Crippen MR) is 119 cm³/mol. The molecule has 6 nitrogen and oxygen atoms in total. The number of piperazine rings is 1. The van der Waals surface area contributed by atoms with E-state index in [0.29, 0.717) is 24.1 Å². The summed E-state index contributed by atoms with van der Waals surface area (Å²) in [6.07, 6.45) is 1.84. The summed E-state index contributed by atoms with van der Waals surface area (Å²) >= 11 is 7.70. The van der Waals surface area contributed by atoms with Gasteiger partial charge < -0.3 is 20.3 Å². The van der Waals surface area contributed by atoms with Gasteiger partial charge in [0, 0.05) is 48.3 Å². The van der Waals surface area contributed by atoms with Crippen molar-refractivity contribution in [1.82, 2.24) is 9.88 Å². The van der Waals surface area contributed by atoms with Gasteiger partial charge in [0.15, 0.2) is 11.1 Å². The van der Waals surface area contributed by atoms with E-state index in [1.54, 1.807) is 11.3 Å². The highest BCUT2D eigenvalue weighted by Gasteiger charge is 2.19. The first-order valence-corrected chi connectivity index (χ1v) is 9.53. The van der Waals surface area contributed by atoms with E-state index in [1.807, 2.05) is 36.7 Å². The van der Waals surface area contributed by atoms with E-state index in [2.05, 4.69) is 19.8 Å². The van der Waals surface area contributed by atoms with Crippen LogP contribution in [0.15, 0.2) is 34.8 Å². The number of hydrogen-bond donors (Lipinski definition) is 1. The van der Waals surface area contributed by atoms with Crippen LogP contribution in [-0.2, 0) is 6.54 Å². The van der Waals surface area contributed by atoms with Crippen molar-refractivity contribution in [3.63, 3.8) is 0 Å². The highest BCUT2D eigenvalue weighted by Crippen LogP contribution is 2.24. The Hall–Kier alpha value is -1.26. The number of rotatable bonds is 5. The van der Waals surface area contributed by atoms with Crippen molar-refractivity contribution < 1.29 is 4.74 Å². The molecule has 0 amide bonds. The van der Waals surface area contributed by atoms with Gasteiger partial charge in [-0.15, -0.1) is 35.3 Å². The molecule has 2 N–H and O–H groups in total. The van der Waals surface area contributed by atoms with E-state index >= 15 is 0 Å². The molecule has 1 aliphatic heterocycles. The second-order valence-electron chi connectivity index (χ2n) is 5.65. The van der Waals surface area contributed by atoms with Gasteiger partial charge in [-0.05, 0) is 19.1 Å². The quantitative estimate of drug-likeness (QED) is 0.381. The summed E-state index contributed by atoms with van der Waals surface area (Å²) < 4.78 is 5.63. The standard InChI is InChI=1S/C17H22ClN5OS.HI/c1-2-24-15-11-14(18)4-3-13(15)12-21-16(19)22-6-8-23(9-7-22)17-20-5-10-25-17;/h3-5,10-11H,2,6-9,12H2,1H3,(H2,19,21);1H. The lowest BCUT2D eigenvalue weighted by Crippen LogP contribution is -2.51. The van der Waals surface area contributed by atoms with Gasteiger partial charge in [0.05, 0.1) is 13.2 Å². The molecule has 1 aromatic carbocycles. The van der Waals surface area contributed by atoms with Crippen molar-refractivity contribution in [2.75, 3.05) is 37.7 Å². The first kappa shape index (κ1) is 21.0. The summed E-state index contributed by atoms with van der Waals surface area (Å²) in [4.78, 5) is 13.3. The van der Waals surface area contributed by atoms with Crippen molar-refractivity contribution in [2.45, 2.75) is 13.5 Å². The molecule has 0 spiro atoms. The molecule has 0 radical (unpaired) electrons. The molecule has 0 atom stereocenters. The number of thiazole rings is 1. The normalized spacial score (nSPS) is 14.9. The van der Waals surface area contributed by atoms with Crippen molar-refractivity contribution in [1.29, 1.82) is 0 Å². The van der Waals surface area contributed by atoms with Gasteiger partial charge in [0.2, 0.25) is 0 Å². The zero-order chi connectivity index (χ0) is 17.6. The SMILES string of the molecule is CCOc1cc(Cl)ccc1CN=C(N)N1CCN(c2nccs2)CC1.I. The van der Waals surface area contributed by atoms with E-state index < -0.39 is 0 Å². The molecular weight excluding hydrogens is 485 g/mol. The molecule has 142 valence electrons. The summed E-state index contributed by atoms with van der Waals surface area (Å²) in [6.45, 7) is 6.49. The number of anilines is 1. The second-order valence-corrected chi connectivity index (χ2v) is 6.96. The molecule has 2 aromatic rings. The topological polar surface area (TPSA) is 67.0 Å². The Kier molecular flexibility index (Phi) is 8.23. The van der Waals surface area contributed by atoms with Crippen LogP contribution in [0.3, 0.4) is 0 Å². The van der Waals surface area contributed by atoms with E-state index in [-0.39, 0.29) is 24.0 Å². The van der Waals surface area contributed by atoms with E-state index in [1.165, 1.54) is 0 Å². The van der Waals surface area contributed by atoms with Crippen molar-refractivity contribution in [3.05, 3.63) is 40.4 Å². The summed E-state index contributed by atoms with van der Waals surface area (Å²) in [5.74, 6) is 1.33. The van der Waals surface area contributed by atoms with E-state index in [9.17, 15) is 0 Å². The molecule has 1 aliphatic rings. The smallest absolute Gasteiger partial charge is 0.191 e. The molecule has 0 bridgehead atoms. The fourth-order valence-electron chi connectivity index (χ4n) is 2.71. The zero-order valence-corrected chi connectivity index (χ0v) is 18.5. The largest absolute Gasteiger partial charge is 0.493 e. The van der Waals surface area contributed by atoms with E-state index in [0.717, 1.165) is 42.6 Å². The van der Waals surface area contributed by atoms with Crippen molar-refractivity contribution in [2.24, 2.45) is 10.7 Å². The Morgan fingerprint density at radius 2 is 2.12 bits per heavy atom. The summed E-state index contributed by atoms with van der Waals surface area (Å²) in [5, 5.41) is 3.72. The van der Waals surface area contributed by atoms with Crippen LogP contribution in [-0.4, -0.2) is 48.6 Å². The number of aromatic nitrogens is 1. The van der Waals surface area contributed by atoms with Crippen LogP contribution in [0.1, 0.15) is 12.5 Å². The third-order valence-electron chi connectivity index (χ3n) is 4.03. The molecular formula is C17H23ClIN5OS. The maximum atomic E-state index is 6.19. The number of ether oxygens (including phenoxy) is 1. The van der Waals surface area contributed by atoms with Gasteiger partial charge in [-0.1, -0.05) is 17.7 Å². The molecule has 1 saturated heterocycles. The number of nitrogens with zero attached hydrogens (tertiary/aromatic N) is 4. The highest BCUT2D eigenvalue weighted by molar-refractivity contribution is 14.0. The lowest BCUT2D eigenvalue weighted by Gasteiger charge is -2.35. The molecule has 2 heterocycles. The maximum absolute atomic E-state index is 6.19. The first-order chi connectivity index (χ1) is 12.2. The summed E-state index contributed by atoms with van der Waals surface area (Å²) in [7, 11) is 0. The van der Waals surface area contributed by atoms with Gasteiger partial charge >= 0.3 is 0 Å². The third-order valence-corrected chi connectivity index (χ3v) is 5.10. The Labute approximate surface area is 180 Å². The minimum Gasteiger partial charge on any atom is -0.493 e. The number of benzene rings is 1. The van der Waals surface area contributed by atoms with Gasteiger partial charge in [-0.25, -0.2) is 9.98 Å². The van der Waals surface area contributed by atoms with Crippen molar-refractivity contribution in [3.8, 4) is 5.75 Å². The Balaban J connectivity index is 0.00000243. The van der Waals surface area contributed by atoms with Crippen LogP contribution in [0, 0.1) is 0 Å². The van der Waals surface area contributed by atoms with Crippen LogP contribution in [0.2, 0.25) is 5.02 Å². The maximum Gasteiger partial charge on any atom is 0.191 e. The number of nitrogens with two attached hydrogens (primary N) is 1. The summed E-state index contributed by atoms with van der Waals surface area (Å²) in [6, 6.07) is 5.60. The molecule has 0 saturated carbocycles. The average molecular weight is 508 g/mol. The van der Waals surface area contributed by atoms with Gasteiger partial charge in [-0.3, -0.25) is 0 Å². The third kappa shape index (κ3) is 5.37. The van der Waals surface area contributed by atoms with Crippen LogP contribution >= 0.6 is 46.9 Å². The predicted octanol–water partition coefficient (Wildman–Crippen LogP) is 3.45. The lowest BCUT2D eigenvalue weighted by molar-refractivity contribution is 0.336. The molecule has 0 aliphatic carbocycles. The fourth-order valence-corrected chi connectivity index (χ4v) is 3.57. The van der Waals surface area contributed by atoms with Gasteiger partial charge in [0.25, 0.3) is 0 Å². The Bertz CT molecular complexity index is 720. The van der Waals surface area contributed by atoms with Crippen LogP contribution in [0.25, 0.3) is 0 Å². The average Bonchev–Trinajstić information content (AvgIpc) is 3.16. The van der Waals surface area contributed by atoms with Gasteiger partial charge in [0.1, 0.15) is 5.75 Å². The summed E-state index contributed by atoms with van der Waals surface area (Å²) in [5.41, 5.74) is 7.17. The first-order valence-electron chi connectivity index (χ1n) is 8.28. The Morgan fingerprint density at radius 3 is 2.77 bits per heavy atom. The van der Waals surface area contributed by atoms with E-state index in [4.69, 9.17) is 22.1 Å². The number of hydrogen-bond acceptors (Lipinski definition) is 5. The number of aliphatic imine (C=N–C) groups is 1. The Morgan fingerprint density at radius 1 is 1.35 bits per heavy atom. The number of guanidine groups is 1. The van der Waals surface area contributed by atoms with Gasteiger partial charge in [-0.2, -0.15) is 0 Å². The fraction of sp³-hybridized carbons (Fsp3) is 0.412. The van der Waals surface area contributed by atoms with Crippen LogP contribution in [0.5, 0.6) is 5.75 Å². The molecule has 3 rings (SSSR count). The molecule has 1 aromatic heterocycles. The molecule has 0 unspecified atom stereocenters. The molecule has 9 heteroatoms. The van der Waals surface area contributed by atoms with Crippen LogP contribution < -0.4 is 15.4 Å². The lowest BCUT2D eigenvalue weighted by atomic mass is 10.2. The van der Waals surface area contributed by atoms with Crippen LogP contribution in [0.4, 0.5) is 5.13 Å². The molecule has 1 fully saturated rings. The van der Waals surface area contributed by atoms with Crippen molar-refractivity contribution >= 4 is 58.0 Å². The zero-order valence-electron chi connectivity index (χ0n) is 14.6. The molecule has 26 heavy (non-hydrogen) atoms. The monoisotopic (exact) mass is 507 g/mol. The highest BCUT2D eigenvalue weighted by atomic mass is 127. The number of halogens is 2.